The Balaban J connectivity index is 1.90. The predicted molar refractivity (Wildman–Crippen MR) is 76.4 cm³/mol. The molecular formula is C13H23N5O. The van der Waals surface area contributed by atoms with Crippen molar-refractivity contribution in [1.29, 1.82) is 0 Å². The summed E-state index contributed by atoms with van der Waals surface area (Å²) < 4.78 is 0. The van der Waals surface area contributed by atoms with Crippen LogP contribution in [0.4, 0.5) is 5.82 Å². The molecule has 1 aliphatic heterocycles. The largest absolute Gasteiger partial charge is 0.351 e. The number of H-pyrrole nitrogens is 1. The quantitative estimate of drug-likeness (QED) is 0.734. The standard InChI is InChI=1S/C13H23N5O/c14-4-1-2-7-17-8-3-9-18(11-10-17)12-13(19)16-6-5-15-12/h5-6H,1-4,7-11,14H2,(H,16,19). The fourth-order valence-electron chi connectivity index (χ4n) is 2.46. The minimum atomic E-state index is -0.0981. The molecule has 1 saturated heterocycles. The maximum absolute atomic E-state index is 11.7. The first-order valence-electron chi connectivity index (χ1n) is 7.02. The van der Waals surface area contributed by atoms with Gasteiger partial charge in [-0.15, -0.1) is 0 Å². The van der Waals surface area contributed by atoms with Crippen molar-refractivity contribution in [2.75, 3.05) is 44.2 Å². The van der Waals surface area contributed by atoms with Crippen molar-refractivity contribution in [2.24, 2.45) is 5.73 Å². The van der Waals surface area contributed by atoms with E-state index in [9.17, 15) is 4.79 Å². The fraction of sp³-hybridized carbons (Fsp3) is 0.692. The number of aromatic amines is 1. The second-order valence-corrected chi connectivity index (χ2v) is 4.92. The summed E-state index contributed by atoms with van der Waals surface area (Å²) in [7, 11) is 0. The molecule has 6 nitrogen and oxygen atoms in total. The van der Waals surface area contributed by atoms with Gasteiger partial charge in [0.25, 0.3) is 5.56 Å². The van der Waals surface area contributed by atoms with Gasteiger partial charge in [-0.1, -0.05) is 0 Å². The van der Waals surface area contributed by atoms with Gasteiger partial charge in [-0.2, -0.15) is 0 Å². The van der Waals surface area contributed by atoms with Crippen LogP contribution in [0.15, 0.2) is 17.2 Å². The number of anilines is 1. The molecule has 0 bridgehead atoms. The third-order valence-electron chi connectivity index (χ3n) is 3.51. The first kappa shape index (κ1) is 14.0. The Kier molecular flexibility index (Phi) is 5.35. The van der Waals surface area contributed by atoms with Gasteiger partial charge in [0.05, 0.1) is 0 Å². The number of nitrogens with two attached hydrogens (primary N) is 1. The number of hydrogen-bond acceptors (Lipinski definition) is 5. The Bertz CT molecular complexity index is 433. The second kappa shape index (κ2) is 7.25. The topological polar surface area (TPSA) is 78.2 Å². The van der Waals surface area contributed by atoms with Crippen molar-refractivity contribution < 1.29 is 0 Å². The van der Waals surface area contributed by atoms with Crippen LogP contribution in [-0.2, 0) is 0 Å². The molecule has 3 N–H and O–H groups in total. The van der Waals surface area contributed by atoms with Gasteiger partial charge in [-0.3, -0.25) is 4.79 Å². The van der Waals surface area contributed by atoms with Crippen molar-refractivity contribution in [3.63, 3.8) is 0 Å². The molecule has 0 unspecified atom stereocenters. The normalized spacial score (nSPS) is 17.4. The molecule has 0 radical (unpaired) electrons. The summed E-state index contributed by atoms with van der Waals surface area (Å²) in [6, 6.07) is 0. The van der Waals surface area contributed by atoms with Gasteiger partial charge in [-0.05, 0) is 38.9 Å². The van der Waals surface area contributed by atoms with Crippen LogP contribution in [-0.4, -0.2) is 54.1 Å². The minimum Gasteiger partial charge on any atom is -0.351 e. The SMILES string of the molecule is NCCCCN1CCCN(c2ncc[nH]c2=O)CC1. The van der Waals surface area contributed by atoms with E-state index in [-0.39, 0.29) is 5.56 Å². The van der Waals surface area contributed by atoms with E-state index in [1.807, 2.05) is 0 Å². The Morgan fingerprint density at radius 1 is 1.26 bits per heavy atom. The molecule has 2 heterocycles. The van der Waals surface area contributed by atoms with E-state index in [1.165, 1.54) is 0 Å². The molecule has 6 heteroatoms. The monoisotopic (exact) mass is 265 g/mol. The first-order valence-corrected chi connectivity index (χ1v) is 7.02. The maximum Gasteiger partial charge on any atom is 0.290 e. The van der Waals surface area contributed by atoms with E-state index in [2.05, 4.69) is 19.8 Å². The summed E-state index contributed by atoms with van der Waals surface area (Å²) in [5, 5.41) is 0. The first-order chi connectivity index (χ1) is 9.31. The van der Waals surface area contributed by atoms with Crippen LogP contribution in [0.25, 0.3) is 0 Å². The molecule has 0 saturated carbocycles. The van der Waals surface area contributed by atoms with Gasteiger partial charge in [0.2, 0.25) is 0 Å². The minimum absolute atomic E-state index is 0.0981. The third kappa shape index (κ3) is 4.04. The van der Waals surface area contributed by atoms with Crippen molar-refractivity contribution in [1.82, 2.24) is 14.9 Å². The highest BCUT2D eigenvalue weighted by atomic mass is 16.1. The Hall–Kier alpha value is -1.40. The zero-order valence-corrected chi connectivity index (χ0v) is 11.3. The second-order valence-electron chi connectivity index (χ2n) is 4.92. The van der Waals surface area contributed by atoms with Crippen LogP contribution in [0.3, 0.4) is 0 Å². The Morgan fingerprint density at radius 3 is 2.95 bits per heavy atom. The molecule has 0 amide bonds. The molecule has 19 heavy (non-hydrogen) atoms. The number of unbranched alkanes of at least 4 members (excludes halogenated alkanes) is 1. The Labute approximate surface area is 113 Å². The number of rotatable bonds is 5. The molecule has 0 aromatic carbocycles. The lowest BCUT2D eigenvalue weighted by molar-refractivity contribution is 0.288. The zero-order chi connectivity index (χ0) is 13.5. The molecule has 0 atom stereocenters. The lowest BCUT2D eigenvalue weighted by Gasteiger charge is -2.21. The molecule has 1 aromatic heterocycles. The maximum atomic E-state index is 11.7. The third-order valence-corrected chi connectivity index (χ3v) is 3.51. The summed E-state index contributed by atoms with van der Waals surface area (Å²) in [6.45, 7) is 5.70. The smallest absolute Gasteiger partial charge is 0.290 e. The Morgan fingerprint density at radius 2 is 2.16 bits per heavy atom. The molecule has 1 fully saturated rings. The summed E-state index contributed by atoms with van der Waals surface area (Å²) in [4.78, 5) is 23.1. The highest BCUT2D eigenvalue weighted by Crippen LogP contribution is 2.09. The van der Waals surface area contributed by atoms with Gasteiger partial charge in [0.15, 0.2) is 5.82 Å². The summed E-state index contributed by atoms with van der Waals surface area (Å²) in [5.74, 6) is 0.548. The summed E-state index contributed by atoms with van der Waals surface area (Å²) >= 11 is 0. The molecule has 2 rings (SSSR count). The number of nitrogens with zero attached hydrogens (tertiary/aromatic N) is 3. The van der Waals surface area contributed by atoms with E-state index < -0.39 is 0 Å². The van der Waals surface area contributed by atoms with E-state index in [0.717, 1.165) is 58.5 Å². The zero-order valence-electron chi connectivity index (χ0n) is 11.3. The number of hydrogen-bond donors (Lipinski definition) is 2. The van der Waals surface area contributed by atoms with Crippen LogP contribution in [0.1, 0.15) is 19.3 Å². The average Bonchev–Trinajstić information content (AvgIpc) is 2.65. The molecule has 0 spiro atoms. The van der Waals surface area contributed by atoms with E-state index in [4.69, 9.17) is 5.73 Å². The van der Waals surface area contributed by atoms with Crippen LogP contribution < -0.4 is 16.2 Å². The fourth-order valence-corrected chi connectivity index (χ4v) is 2.46. The number of aromatic nitrogens is 2. The predicted octanol–water partition coefficient (Wildman–Crippen LogP) is 0.0209. The van der Waals surface area contributed by atoms with Crippen molar-refractivity contribution >= 4 is 5.82 Å². The lowest BCUT2D eigenvalue weighted by Crippen LogP contribution is -2.34. The number of nitrogens with one attached hydrogen (secondary N) is 1. The van der Waals surface area contributed by atoms with Crippen LogP contribution in [0.2, 0.25) is 0 Å². The molecular weight excluding hydrogens is 242 g/mol. The van der Waals surface area contributed by atoms with E-state index >= 15 is 0 Å². The van der Waals surface area contributed by atoms with Gasteiger partial charge in [-0.25, -0.2) is 4.98 Å². The van der Waals surface area contributed by atoms with Crippen molar-refractivity contribution in [2.45, 2.75) is 19.3 Å². The van der Waals surface area contributed by atoms with Gasteiger partial charge in [0.1, 0.15) is 0 Å². The van der Waals surface area contributed by atoms with E-state index in [1.54, 1.807) is 12.4 Å². The molecule has 0 aliphatic carbocycles. The van der Waals surface area contributed by atoms with Crippen LogP contribution in [0.5, 0.6) is 0 Å². The van der Waals surface area contributed by atoms with Gasteiger partial charge in [0, 0.05) is 32.0 Å². The van der Waals surface area contributed by atoms with E-state index in [0.29, 0.717) is 5.82 Å². The van der Waals surface area contributed by atoms with Crippen molar-refractivity contribution in [3.05, 3.63) is 22.7 Å². The van der Waals surface area contributed by atoms with Crippen LogP contribution >= 0.6 is 0 Å². The highest BCUT2D eigenvalue weighted by Gasteiger charge is 2.17. The van der Waals surface area contributed by atoms with Gasteiger partial charge < -0.3 is 20.5 Å². The summed E-state index contributed by atoms with van der Waals surface area (Å²) in [6.07, 6.45) is 6.52. The average molecular weight is 265 g/mol. The molecule has 106 valence electrons. The summed E-state index contributed by atoms with van der Waals surface area (Å²) in [5.41, 5.74) is 5.42. The highest BCUT2D eigenvalue weighted by molar-refractivity contribution is 5.35. The van der Waals surface area contributed by atoms with Crippen LogP contribution in [0, 0.1) is 0 Å². The molecule has 1 aliphatic rings. The van der Waals surface area contributed by atoms with Crippen molar-refractivity contribution in [3.8, 4) is 0 Å². The lowest BCUT2D eigenvalue weighted by atomic mass is 10.3. The molecule has 1 aromatic rings. The van der Waals surface area contributed by atoms with Gasteiger partial charge >= 0.3 is 0 Å².